The van der Waals surface area contributed by atoms with Crippen molar-refractivity contribution in [1.82, 2.24) is 0 Å². The zero-order valence-corrected chi connectivity index (χ0v) is 27.7. The van der Waals surface area contributed by atoms with Crippen LogP contribution >= 0.6 is 23.5 Å². The molecule has 3 fully saturated rings. The SMILES string of the molecule is [B][C@H]1CC(OP(=O)(O)OC[C@H]2O[C@@H]([B])CC2OP(=O)(O)OC[C@H]2O[C@@H]([B])CC2OP(=O)(O)OCC(CO)CCCCN)[C@@H](CO)O1. The van der Waals surface area contributed by atoms with Gasteiger partial charge < -0.3 is 44.8 Å². The molecule has 260 valence electrons. The number of aliphatic hydroxyl groups is 2. The topological polar surface area (TPSA) is 261 Å². The van der Waals surface area contributed by atoms with Gasteiger partial charge in [0.25, 0.3) is 0 Å². The standard InChI is InChI=1S/C22H41B3NO17P3/c23-20-5-14(17(9-28)38-20)41-45(31,32)36-11-19-16(7-22(25)40-19)43-46(33,34)37-12-18-15(6-21(24)39-18)42-44(29,30)35-10-13(8-27)3-1-2-4-26/h13-22,27-28H,1-12,26H2,(H,29,30)(H,31,32)(H,33,34)/t13?,14?,15?,16?,17-,18-,19-,20-,21-,22-/m1/s1. The zero-order chi connectivity index (χ0) is 34.1. The molecule has 0 aromatic carbocycles. The van der Waals surface area contributed by atoms with E-state index in [2.05, 4.69) is 0 Å². The van der Waals surface area contributed by atoms with Crippen LogP contribution in [-0.4, -0.2) is 143 Å². The van der Waals surface area contributed by atoms with Crippen molar-refractivity contribution in [3.05, 3.63) is 0 Å². The van der Waals surface area contributed by atoms with Crippen LogP contribution in [0.1, 0.15) is 38.5 Å². The summed E-state index contributed by atoms with van der Waals surface area (Å²) in [5.74, 6) is -0.424. The lowest BCUT2D eigenvalue weighted by molar-refractivity contribution is -0.0325. The predicted octanol–water partition coefficient (Wildman–Crippen LogP) is -0.927. The van der Waals surface area contributed by atoms with Gasteiger partial charge in [-0.1, -0.05) is 6.42 Å². The van der Waals surface area contributed by atoms with Gasteiger partial charge in [-0.2, -0.15) is 0 Å². The molecule has 0 aromatic rings. The van der Waals surface area contributed by atoms with Gasteiger partial charge in [-0.15, -0.1) is 0 Å². The van der Waals surface area contributed by atoms with E-state index in [1.807, 2.05) is 0 Å². The highest BCUT2D eigenvalue weighted by molar-refractivity contribution is 7.48. The number of aliphatic hydroxyl groups excluding tert-OH is 2. The Labute approximate surface area is 271 Å². The molecule has 3 saturated heterocycles. The second kappa shape index (κ2) is 18.5. The van der Waals surface area contributed by atoms with Gasteiger partial charge in [0.15, 0.2) is 0 Å². The van der Waals surface area contributed by atoms with Gasteiger partial charge in [-0.05, 0) is 38.6 Å². The Morgan fingerprint density at radius 2 is 1.11 bits per heavy atom. The summed E-state index contributed by atoms with van der Waals surface area (Å²) >= 11 is 0. The Morgan fingerprint density at radius 1 is 0.696 bits per heavy atom. The first-order chi connectivity index (χ1) is 21.5. The van der Waals surface area contributed by atoms with E-state index >= 15 is 0 Å². The predicted molar refractivity (Wildman–Crippen MR) is 160 cm³/mol. The van der Waals surface area contributed by atoms with Gasteiger partial charge in [0.2, 0.25) is 0 Å². The summed E-state index contributed by atoms with van der Waals surface area (Å²) in [7, 11) is 2.90. The van der Waals surface area contributed by atoms with Gasteiger partial charge in [0.05, 0.1) is 44.7 Å². The van der Waals surface area contributed by atoms with Crippen LogP contribution in [0.25, 0.3) is 0 Å². The molecule has 3 rings (SSSR count). The van der Waals surface area contributed by atoms with E-state index in [-0.39, 0.29) is 32.5 Å². The summed E-state index contributed by atoms with van der Waals surface area (Å²) in [6, 6.07) is -2.77. The van der Waals surface area contributed by atoms with Crippen molar-refractivity contribution in [3.63, 3.8) is 0 Å². The van der Waals surface area contributed by atoms with Gasteiger partial charge >= 0.3 is 23.5 Å². The Bertz CT molecular complexity index is 1090. The first-order valence-corrected chi connectivity index (χ1v) is 19.2. The molecular formula is C22H41B3NO17P3. The molecule has 3 heterocycles. The number of hydrogen-bond acceptors (Lipinski definition) is 15. The van der Waals surface area contributed by atoms with Crippen LogP contribution in [0.3, 0.4) is 0 Å². The number of nitrogens with two attached hydrogens (primary N) is 1. The minimum atomic E-state index is -4.89. The summed E-state index contributed by atoms with van der Waals surface area (Å²) in [5, 5.41) is 18.8. The number of ether oxygens (including phenoxy) is 3. The van der Waals surface area contributed by atoms with Crippen molar-refractivity contribution in [1.29, 1.82) is 0 Å². The summed E-state index contributed by atoms with van der Waals surface area (Å²) in [5.41, 5.74) is 5.46. The molecule has 24 heteroatoms. The quantitative estimate of drug-likeness (QED) is 0.0476. The summed E-state index contributed by atoms with van der Waals surface area (Å²) in [6.45, 7) is -1.91. The van der Waals surface area contributed by atoms with Crippen molar-refractivity contribution >= 4 is 47.0 Å². The first-order valence-electron chi connectivity index (χ1n) is 14.7. The highest BCUT2D eigenvalue weighted by atomic mass is 31.2. The van der Waals surface area contributed by atoms with E-state index in [4.69, 9.17) is 70.6 Å². The van der Waals surface area contributed by atoms with E-state index in [9.17, 15) is 38.6 Å². The van der Waals surface area contributed by atoms with E-state index in [1.54, 1.807) is 0 Å². The number of phosphoric acid groups is 3. The van der Waals surface area contributed by atoms with Crippen LogP contribution in [0.4, 0.5) is 0 Å². The lowest BCUT2D eigenvalue weighted by atomic mass is 9.96. The lowest BCUT2D eigenvalue weighted by Gasteiger charge is -2.25. The van der Waals surface area contributed by atoms with Crippen LogP contribution in [0.2, 0.25) is 0 Å². The smallest absolute Gasteiger partial charge is 0.396 e. The van der Waals surface area contributed by atoms with E-state index in [0.29, 0.717) is 19.4 Å². The molecule has 13 atom stereocenters. The average Bonchev–Trinajstić information content (AvgIpc) is 3.61. The Kier molecular flexibility index (Phi) is 16.4. The molecule has 0 bridgehead atoms. The summed E-state index contributed by atoms with van der Waals surface area (Å²) in [6.07, 6.45) is -5.05. The average molecular weight is 717 g/mol. The molecule has 0 aromatic heterocycles. The van der Waals surface area contributed by atoms with Crippen LogP contribution in [0.5, 0.6) is 0 Å². The number of unbranched alkanes of at least 4 members (excludes halogenated alkanes) is 1. The summed E-state index contributed by atoms with van der Waals surface area (Å²) < 4.78 is 84.4. The van der Waals surface area contributed by atoms with Crippen molar-refractivity contribution in [2.24, 2.45) is 11.7 Å². The maximum atomic E-state index is 12.8. The molecule has 3 aliphatic heterocycles. The molecule has 0 spiro atoms. The van der Waals surface area contributed by atoms with Crippen LogP contribution in [0.15, 0.2) is 0 Å². The van der Waals surface area contributed by atoms with Gasteiger partial charge in [-0.25, -0.2) is 13.7 Å². The van der Waals surface area contributed by atoms with E-state index in [0.717, 1.165) is 6.42 Å². The molecule has 0 amide bonds. The molecular weight excluding hydrogens is 676 g/mol. The lowest BCUT2D eigenvalue weighted by Crippen LogP contribution is -2.31. The van der Waals surface area contributed by atoms with Crippen molar-refractivity contribution in [3.8, 4) is 0 Å². The first kappa shape index (κ1) is 40.7. The maximum absolute atomic E-state index is 12.8. The van der Waals surface area contributed by atoms with Gasteiger partial charge in [-0.3, -0.25) is 27.1 Å². The van der Waals surface area contributed by atoms with Gasteiger partial charge in [0.1, 0.15) is 41.9 Å². The van der Waals surface area contributed by atoms with E-state index in [1.165, 1.54) is 0 Å². The Morgan fingerprint density at radius 3 is 1.52 bits per heavy atom. The summed E-state index contributed by atoms with van der Waals surface area (Å²) in [4.78, 5) is 30.8. The van der Waals surface area contributed by atoms with Crippen molar-refractivity contribution < 1.29 is 79.9 Å². The monoisotopic (exact) mass is 717 g/mol. The molecule has 7 unspecified atom stereocenters. The minimum absolute atomic E-state index is 0.0188. The fraction of sp³-hybridized carbons (Fsp3) is 1.00. The second-order valence-electron chi connectivity index (χ2n) is 11.1. The van der Waals surface area contributed by atoms with Crippen LogP contribution < -0.4 is 5.73 Å². The van der Waals surface area contributed by atoms with Crippen molar-refractivity contribution in [2.75, 3.05) is 39.6 Å². The number of phosphoric ester groups is 3. The highest BCUT2D eigenvalue weighted by Gasteiger charge is 2.44. The number of rotatable bonds is 21. The minimum Gasteiger partial charge on any atom is -0.396 e. The van der Waals surface area contributed by atoms with Crippen LogP contribution in [0, 0.1) is 5.92 Å². The third kappa shape index (κ3) is 13.5. The highest BCUT2D eigenvalue weighted by Crippen LogP contribution is 2.51. The molecule has 0 aliphatic carbocycles. The molecule has 18 nitrogen and oxygen atoms in total. The fourth-order valence-electron chi connectivity index (χ4n) is 4.98. The van der Waals surface area contributed by atoms with E-state index < -0.39 is 104 Å². The molecule has 46 heavy (non-hydrogen) atoms. The Hall–Kier alpha value is 0.285. The van der Waals surface area contributed by atoms with Gasteiger partial charge in [0, 0.05) is 30.5 Å². The number of hydrogen-bond donors (Lipinski definition) is 6. The fourth-order valence-corrected chi connectivity index (χ4v) is 7.92. The van der Waals surface area contributed by atoms with Crippen molar-refractivity contribution in [2.45, 2.75) is 93.2 Å². The molecule has 3 aliphatic rings. The molecule has 7 N–H and O–H groups in total. The third-order valence-electron chi connectivity index (χ3n) is 7.27. The second-order valence-corrected chi connectivity index (χ2v) is 15.3. The largest absolute Gasteiger partial charge is 0.472 e. The Balaban J connectivity index is 1.50. The maximum Gasteiger partial charge on any atom is 0.472 e. The molecule has 0 saturated carbocycles. The third-order valence-corrected chi connectivity index (χ3v) is 10.3. The zero-order valence-electron chi connectivity index (χ0n) is 25.0. The van der Waals surface area contributed by atoms with Crippen LogP contribution in [-0.2, 0) is 55.0 Å². The molecule has 6 radical (unpaired) electrons. The normalized spacial score (nSPS) is 36.3.